The maximum absolute atomic E-state index is 9.06. The molecule has 86 valence electrons. The predicted molar refractivity (Wildman–Crippen MR) is 70.1 cm³/mol. The van der Waals surface area contributed by atoms with Crippen molar-refractivity contribution < 1.29 is 4.74 Å². The zero-order valence-corrected chi connectivity index (χ0v) is 10.8. The molecular formula is C14H7BrN2O. The fraction of sp³-hybridized carbons (Fsp3) is 0. The predicted octanol–water partition coefficient (Wildman–Crippen LogP) is 3.98. The van der Waals surface area contributed by atoms with E-state index in [-0.39, 0.29) is 0 Å². The van der Waals surface area contributed by atoms with Crippen LogP contribution in [0.5, 0.6) is 11.5 Å². The minimum absolute atomic E-state index is 0.446. The molecule has 0 fully saturated rings. The minimum atomic E-state index is 0.446. The normalized spacial score (nSPS) is 9.28. The molecule has 0 spiro atoms. The van der Waals surface area contributed by atoms with Crippen molar-refractivity contribution in [3.63, 3.8) is 0 Å². The third-order valence-corrected chi connectivity index (χ3v) is 2.96. The van der Waals surface area contributed by atoms with Crippen molar-refractivity contribution in [2.45, 2.75) is 0 Å². The summed E-state index contributed by atoms with van der Waals surface area (Å²) in [6, 6.07) is 16.1. The second kappa shape index (κ2) is 5.35. The van der Waals surface area contributed by atoms with Crippen LogP contribution in [0.25, 0.3) is 0 Å². The van der Waals surface area contributed by atoms with Crippen LogP contribution in [0.15, 0.2) is 46.9 Å². The Labute approximate surface area is 113 Å². The van der Waals surface area contributed by atoms with Crippen LogP contribution < -0.4 is 4.74 Å². The van der Waals surface area contributed by atoms with Gasteiger partial charge in [0.2, 0.25) is 0 Å². The molecule has 0 aliphatic heterocycles. The van der Waals surface area contributed by atoms with E-state index < -0.39 is 0 Å². The smallest absolute Gasteiger partial charge is 0.146 e. The van der Waals surface area contributed by atoms with Crippen molar-refractivity contribution in [1.29, 1.82) is 10.5 Å². The van der Waals surface area contributed by atoms with E-state index in [2.05, 4.69) is 22.0 Å². The van der Waals surface area contributed by atoms with Crippen molar-refractivity contribution in [3.05, 3.63) is 58.1 Å². The van der Waals surface area contributed by atoms with Gasteiger partial charge in [-0.1, -0.05) is 6.07 Å². The molecule has 0 bridgehead atoms. The molecule has 0 saturated carbocycles. The van der Waals surface area contributed by atoms with Gasteiger partial charge in [0.25, 0.3) is 0 Å². The molecule has 0 N–H and O–H groups in total. The van der Waals surface area contributed by atoms with Crippen molar-refractivity contribution >= 4 is 15.9 Å². The third-order valence-electron chi connectivity index (χ3n) is 2.30. The number of halogens is 1. The van der Waals surface area contributed by atoms with Gasteiger partial charge in [-0.15, -0.1) is 0 Å². The molecule has 4 heteroatoms. The molecule has 0 atom stereocenters. The van der Waals surface area contributed by atoms with Gasteiger partial charge in [-0.25, -0.2) is 0 Å². The maximum Gasteiger partial charge on any atom is 0.146 e. The first-order valence-electron chi connectivity index (χ1n) is 5.11. The molecular weight excluding hydrogens is 292 g/mol. The first-order chi connectivity index (χ1) is 8.74. The maximum atomic E-state index is 9.06. The molecule has 3 nitrogen and oxygen atoms in total. The number of nitrogens with zero attached hydrogens (tertiary/aromatic N) is 2. The largest absolute Gasteiger partial charge is 0.456 e. The summed E-state index contributed by atoms with van der Waals surface area (Å²) in [5.41, 5.74) is 1.01. The van der Waals surface area contributed by atoms with Crippen LogP contribution in [0.4, 0.5) is 0 Å². The second-order valence-electron chi connectivity index (χ2n) is 3.46. The van der Waals surface area contributed by atoms with Gasteiger partial charge in [0.05, 0.1) is 11.6 Å². The third kappa shape index (κ3) is 2.51. The molecule has 0 aromatic heterocycles. The fourth-order valence-electron chi connectivity index (χ4n) is 1.42. The SMILES string of the molecule is N#Cc1ccc(Oc2cccc(Br)c2C#N)cc1. The van der Waals surface area contributed by atoms with E-state index in [1.165, 1.54) is 0 Å². The number of nitriles is 2. The van der Waals surface area contributed by atoms with Crippen LogP contribution in [-0.4, -0.2) is 0 Å². The van der Waals surface area contributed by atoms with Crippen molar-refractivity contribution in [2.24, 2.45) is 0 Å². The molecule has 0 saturated heterocycles. The molecule has 0 aliphatic carbocycles. The first kappa shape index (κ1) is 12.2. The highest BCUT2D eigenvalue weighted by atomic mass is 79.9. The summed E-state index contributed by atoms with van der Waals surface area (Å²) in [5.74, 6) is 1.07. The summed E-state index contributed by atoms with van der Waals surface area (Å²) in [5, 5.41) is 17.8. The number of benzene rings is 2. The van der Waals surface area contributed by atoms with Gasteiger partial charge in [-0.05, 0) is 52.3 Å². The van der Waals surface area contributed by atoms with Gasteiger partial charge in [-0.2, -0.15) is 10.5 Å². The Bertz CT molecular complexity index is 651. The Balaban J connectivity index is 2.32. The lowest BCUT2D eigenvalue weighted by Crippen LogP contribution is -1.89. The van der Waals surface area contributed by atoms with Crippen molar-refractivity contribution in [2.75, 3.05) is 0 Å². The van der Waals surface area contributed by atoms with Crippen LogP contribution >= 0.6 is 15.9 Å². The Morgan fingerprint density at radius 2 is 1.67 bits per heavy atom. The Morgan fingerprint density at radius 3 is 2.28 bits per heavy atom. The fourth-order valence-corrected chi connectivity index (χ4v) is 1.86. The second-order valence-corrected chi connectivity index (χ2v) is 4.32. The molecule has 2 aromatic carbocycles. The van der Waals surface area contributed by atoms with E-state index in [1.54, 1.807) is 42.5 Å². The van der Waals surface area contributed by atoms with Gasteiger partial charge in [0.15, 0.2) is 0 Å². The van der Waals surface area contributed by atoms with Crippen LogP contribution in [-0.2, 0) is 0 Å². The lowest BCUT2D eigenvalue weighted by atomic mass is 10.2. The molecule has 2 aromatic rings. The quantitative estimate of drug-likeness (QED) is 0.842. The van der Waals surface area contributed by atoms with E-state index >= 15 is 0 Å². The van der Waals surface area contributed by atoms with Gasteiger partial charge in [0.1, 0.15) is 23.1 Å². The highest BCUT2D eigenvalue weighted by molar-refractivity contribution is 9.10. The average Bonchev–Trinajstić information content (AvgIpc) is 2.40. The summed E-state index contributed by atoms with van der Waals surface area (Å²) in [6.45, 7) is 0. The lowest BCUT2D eigenvalue weighted by molar-refractivity contribution is 0.480. The zero-order valence-electron chi connectivity index (χ0n) is 9.22. The average molecular weight is 299 g/mol. The topological polar surface area (TPSA) is 56.8 Å². The number of rotatable bonds is 2. The number of ether oxygens (including phenoxy) is 1. The Morgan fingerprint density at radius 1 is 0.944 bits per heavy atom. The molecule has 0 amide bonds. The molecule has 0 aliphatic rings. The summed E-state index contributed by atoms with van der Waals surface area (Å²) in [6.07, 6.45) is 0. The number of hydrogen-bond acceptors (Lipinski definition) is 3. The summed E-state index contributed by atoms with van der Waals surface area (Å²) < 4.78 is 6.31. The zero-order chi connectivity index (χ0) is 13.0. The minimum Gasteiger partial charge on any atom is -0.456 e. The summed E-state index contributed by atoms with van der Waals surface area (Å²) in [7, 11) is 0. The lowest BCUT2D eigenvalue weighted by Gasteiger charge is -2.08. The molecule has 0 radical (unpaired) electrons. The van der Waals surface area contributed by atoms with E-state index in [0.717, 1.165) is 0 Å². The van der Waals surface area contributed by atoms with Gasteiger partial charge in [0, 0.05) is 4.47 Å². The van der Waals surface area contributed by atoms with Crippen LogP contribution in [0, 0.1) is 22.7 Å². The first-order valence-corrected chi connectivity index (χ1v) is 5.90. The summed E-state index contributed by atoms with van der Waals surface area (Å²) in [4.78, 5) is 0. The summed E-state index contributed by atoms with van der Waals surface area (Å²) >= 11 is 3.30. The Kier molecular flexibility index (Phi) is 3.62. The van der Waals surface area contributed by atoms with Crippen LogP contribution in [0.2, 0.25) is 0 Å². The standard InChI is InChI=1S/C14H7BrN2O/c15-13-2-1-3-14(12(13)9-17)18-11-6-4-10(8-16)5-7-11/h1-7H. The van der Waals surface area contributed by atoms with Crippen molar-refractivity contribution in [1.82, 2.24) is 0 Å². The molecule has 0 heterocycles. The van der Waals surface area contributed by atoms with Gasteiger partial charge >= 0.3 is 0 Å². The highest BCUT2D eigenvalue weighted by Crippen LogP contribution is 2.29. The Hall–Kier alpha value is -2.30. The van der Waals surface area contributed by atoms with Crippen LogP contribution in [0.3, 0.4) is 0 Å². The van der Waals surface area contributed by atoms with E-state index in [0.29, 0.717) is 27.1 Å². The van der Waals surface area contributed by atoms with Gasteiger partial charge < -0.3 is 4.74 Å². The van der Waals surface area contributed by atoms with Crippen LogP contribution in [0.1, 0.15) is 11.1 Å². The van der Waals surface area contributed by atoms with Crippen molar-refractivity contribution in [3.8, 4) is 23.6 Å². The van der Waals surface area contributed by atoms with E-state index in [1.807, 2.05) is 6.07 Å². The molecule has 2 rings (SSSR count). The monoisotopic (exact) mass is 298 g/mol. The van der Waals surface area contributed by atoms with E-state index in [4.69, 9.17) is 15.3 Å². The molecule has 0 unspecified atom stereocenters. The number of hydrogen-bond donors (Lipinski definition) is 0. The molecule has 18 heavy (non-hydrogen) atoms. The highest BCUT2D eigenvalue weighted by Gasteiger charge is 2.07. The van der Waals surface area contributed by atoms with Gasteiger partial charge in [-0.3, -0.25) is 0 Å². The van der Waals surface area contributed by atoms with E-state index in [9.17, 15) is 0 Å².